The maximum Gasteiger partial charge on any atom is 0.135 e. The summed E-state index contributed by atoms with van der Waals surface area (Å²) in [6.07, 6.45) is 6.04. The smallest absolute Gasteiger partial charge is 0.135 e. The van der Waals surface area contributed by atoms with Gasteiger partial charge in [0.05, 0.1) is 30.9 Å². The van der Waals surface area contributed by atoms with Gasteiger partial charge in [-0.1, -0.05) is 18.2 Å². The Labute approximate surface area is 165 Å². The third-order valence-electron chi connectivity index (χ3n) is 5.02. The second-order valence-corrected chi connectivity index (χ2v) is 7.09. The summed E-state index contributed by atoms with van der Waals surface area (Å²) >= 11 is 0. The highest BCUT2D eigenvalue weighted by Crippen LogP contribution is 2.26. The summed E-state index contributed by atoms with van der Waals surface area (Å²) in [5.74, 6) is 1.66. The number of hydrogen-bond donors (Lipinski definition) is 0. The fraction of sp³-hybridized carbons (Fsp3) is 0.304. The van der Waals surface area contributed by atoms with Gasteiger partial charge in [0.1, 0.15) is 11.5 Å². The van der Waals surface area contributed by atoms with Crippen molar-refractivity contribution in [3.05, 3.63) is 77.8 Å². The third kappa shape index (κ3) is 4.48. The van der Waals surface area contributed by atoms with Crippen LogP contribution in [0, 0.1) is 11.3 Å². The molecule has 0 amide bonds. The van der Waals surface area contributed by atoms with Crippen LogP contribution in [-0.2, 0) is 17.9 Å². The van der Waals surface area contributed by atoms with E-state index in [1.54, 1.807) is 6.20 Å². The number of rotatable bonds is 6. The Morgan fingerprint density at radius 2 is 2.11 bits per heavy atom. The number of benzene rings is 1. The average Bonchev–Trinajstić information content (AvgIpc) is 3.21. The van der Waals surface area contributed by atoms with Crippen molar-refractivity contribution in [2.45, 2.75) is 32.1 Å². The lowest BCUT2D eigenvalue weighted by Crippen LogP contribution is -2.39. The van der Waals surface area contributed by atoms with Crippen LogP contribution in [0.4, 0.5) is 0 Å². The van der Waals surface area contributed by atoms with Gasteiger partial charge in [-0.15, -0.1) is 0 Å². The van der Waals surface area contributed by atoms with Crippen molar-refractivity contribution in [1.29, 1.82) is 5.26 Å². The lowest BCUT2D eigenvalue weighted by Gasteiger charge is -2.32. The molecular formula is C23H23N3O2. The highest BCUT2D eigenvalue weighted by atomic mass is 16.5. The molecule has 28 heavy (non-hydrogen) atoms. The van der Waals surface area contributed by atoms with Crippen LogP contribution in [0.1, 0.15) is 29.7 Å². The lowest BCUT2D eigenvalue weighted by molar-refractivity contribution is -0.0134. The highest BCUT2D eigenvalue weighted by molar-refractivity contribution is 5.66. The van der Waals surface area contributed by atoms with Crippen molar-refractivity contribution in [3.8, 4) is 17.4 Å². The standard InChI is InChI=1S/C23H23N3O2/c24-13-19-6-1-2-8-22(19)23-10-9-21(28-23)16-26-12-4-7-20(15-26)27-17-18-5-3-11-25-14-18/h1-3,5-6,8-11,14,20H,4,7,12,15-17H2/t20-/m0/s1. The fourth-order valence-corrected chi connectivity index (χ4v) is 3.61. The van der Waals surface area contributed by atoms with Crippen molar-refractivity contribution < 1.29 is 9.15 Å². The van der Waals surface area contributed by atoms with Crippen molar-refractivity contribution in [1.82, 2.24) is 9.88 Å². The first-order chi connectivity index (χ1) is 13.8. The molecule has 0 N–H and O–H groups in total. The van der Waals surface area contributed by atoms with E-state index in [0.717, 1.165) is 55.1 Å². The van der Waals surface area contributed by atoms with Crippen molar-refractivity contribution in [2.75, 3.05) is 13.1 Å². The molecule has 0 radical (unpaired) electrons. The Hall–Kier alpha value is -2.94. The zero-order valence-electron chi connectivity index (χ0n) is 15.8. The fourth-order valence-electron chi connectivity index (χ4n) is 3.61. The van der Waals surface area contributed by atoms with E-state index in [9.17, 15) is 5.26 Å². The summed E-state index contributed by atoms with van der Waals surface area (Å²) in [5.41, 5.74) is 2.57. The molecule has 4 rings (SSSR count). The maximum atomic E-state index is 9.29. The van der Waals surface area contributed by atoms with E-state index < -0.39 is 0 Å². The predicted molar refractivity (Wildman–Crippen MR) is 106 cm³/mol. The Morgan fingerprint density at radius 1 is 1.18 bits per heavy atom. The van der Waals surface area contributed by atoms with E-state index in [4.69, 9.17) is 9.15 Å². The second-order valence-electron chi connectivity index (χ2n) is 7.09. The Balaban J connectivity index is 1.35. The van der Waals surface area contributed by atoms with Crippen LogP contribution in [0.5, 0.6) is 0 Å². The number of hydrogen-bond acceptors (Lipinski definition) is 5. The van der Waals surface area contributed by atoms with Gasteiger partial charge in [0.25, 0.3) is 0 Å². The monoisotopic (exact) mass is 373 g/mol. The largest absolute Gasteiger partial charge is 0.460 e. The molecule has 5 nitrogen and oxygen atoms in total. The molecule has 142 valence electrons. The summed E-state index contributed by atoms with van der Waals surface area (Å²) in [5, 5.41) is 9.29. The molecule has 0 spiro atoms. The van der Waals surface area contributed by atoms with Crippen LogP contribution in [0.15, 0.2) is 65.3 Å². The van der Waals surface area contributed by atoms with E-state index in [0.29, 0.717) is 12.2 Å². The van der Waals surface area contributed by atoms with Gasteiger partial charge in [-0.3, -0.25) is 9.88 Å². The van der Waals surface area contributed by atoms with Gasteiger partial charge < -0.3 is 9.15 Å². The van der Waals surface area contributed by atoms with Crippen molar-refractivity contribution >= 4 is 0 Å². The predicted octanol–water partition coefficient (Wildman–Crippen LogP) is 4.39. The van der Waals surface area contributed by atoms with Crippen LogP contribution in [0.3, 0.4) is 0 Å². The maximum absolute atomic E-state index is 9.29. The zero-order chi connectivity index (χ0) is 19.2. The van der Waals surface area contributed by atoms with Crippen LogP contribution in [0.2, 0.25) is 0 Å². The van der Waals surface area contributed by atoms with E-state index in [-0.39, 0.29) is 6.10 Å². The summed E-state index contributed by atoms with van der Waals surface area (Å²) < 4.78 is 12.1. The molecule has 3 aromatic rings. The van der Waals surface area contributed by atoms with E-state index >= 15 is 0 Å². The number of furan rings is 1. The first kappa shape index (κ1) is 18.4. The minimum atomic E-state index is 0.225. The minimum absolute atomic E-state index is 0.225. The molecule has 1 fully saturated rings. The molecule has 0 unspecified atom stereocenters. The minimum Gasteiger partial charge on any atom is -0.460 e. The number of nitriles is 1. The Kier molecular flexibility index (Phi) is 5.81. The molecule has 1 saturated heterocycles. The summed E-state index contributed by atoms with van der Waals surface area (Å²) in [6, 6.07) is 17.7. The SMILES string of the molecule is N#Cc1ccccc1-c1ccc(CN2CCC[C@H](OCc3cccnc3)C2)o1. The molecule has 0 aliphatic carbocycles. The number of nitrogens with zero attached hydrogens (tertiary/aromatic N) is 3. The molecular weight excluding hydrogens is 350 g/mol. The number of piperidine rings is 1. The van der Waals surface area contributed by atoms with E-state index in [2.05, 4.69) is 16.0 Å². The summed E-state index contributed by atoms with van der Waals surface area (Å²) in [7, 11) is 0. The number of likely N-dealkylation sites (tertiary alicyclic amines) is 1. The molecule has 1 aliphatic heterocycles. The average molecular weight is 373 g/mol. The summed E-state index contributed by atoms with van der Waals surface area (Å²) in [4.78, 5) is 6.51. The van der Waals surface area contributed by atoms with Crippen LogP contribution in [0.25, 0.3) is 11.3 Å². The molecule has 0 saturated carbocycles. The summed E-state index contributed by atoms with van der Waals surface area (Å²) in [6.45, 7) is 3.28. The molecule has 1 atom stereocenters. The van der Waals surface area contributed by atoms with Gasteiger partial charge in [0.15, 0.2) is 0 Å². The number of pyridine rings is 1. The quantitative estimate of drug-likeness (QED) is 0.641. The van der Waals surface area contributed by atoms with Gasteiger partial charge >= 0.3 is 0 Å². The topological polar surface area (TPSA) is 62.3 Å². The van der Waals surface area contributed by atoms with Crippen LogP contribution >= 0.6 is 0 Å². The molecule has 3 heterocycles. The molecule has 1 aromatic carbocycles. The van der Waals surface area contributed by atoms with Crippen molar-refractivity contribution in [2.24, 2.45) is 0 Å². The number of ether oxygens (including phenoxy) is 1. The van der Waals surface area contributed by atoms with Crippen molar-refractivity contribution in [3.63, 3.8) is 0 Å². The third-order valence-corrected chi connectivity index (χ3v) is 5.02. The Morgan fingerprint density at radius 3 is 2.96 bits per heavy atom. The molecule has 0 bridgehead atoms. The van der Waals surface area contributed by atoms with Gasteiger partial charge in [-0.2, -0.15) is 5.26 Å². The first-order valence-electron chi connectivity index (χ1n) is 9.63. The van der Waals surface area contributed by atoms with E-state index in [1.807, 2.05) is 54.7 Å². The van der Waals surface area contributed by atoms with E-state index in [1.165, 1.54) is 0 Å². The highest BCUT2D eigenvalue weighted by Gasteiger charge is 2.21. The number of aromatic nitrogens is 1. The van der Waals surface area contributed by atoms with Gasteiger partial charge in [-0.05, 0) is 55.3 Å². The van der Waals surface area contributed by atoms with Gasteiger partial charge in [-0.25, -0.2) is 0 Å². The molecule has 1 aliphatic rings. The van der Waals surface area contributed by atoms with Gasteiger partial charge in [0.2, 0.25) is 0 Å². The first-order valence-corrected chi connectivity index (χ1v) is 9.63. The Bertz CT molecular complexity index is 946. The molecule has 5 heteroatoms. The second kappa shape index (κ2) is 8.83. The van der Waals surface area contributed by atoms with Crippen LogP contribution in [-0.4, -0.2) is 29.1 Å². The zero-order valence-corrected chi connectivity index (χ0v) is 15.8. The lowest BCUT2D eigenvalue weighted by atomic mass is 10.1. The van der Waals surface area contributed by atoms with Gasteiger partial charge in [0, 0.05) is 24.5 Å². The normalized spacial score (nSPS) is 17.3. The van der Waals surface area contributed by atoms with Crippen LogP contribution < -0.4 is 0 Å². The molecule has 2 aromatic heterocycles.